The van der Waals surface area contributed by atoms with Gasteiger partial charge in [-0.15, -0.1) is 5.10 Å². The molecule has 78 valence electrons. The van der Waals surface area contributed by atoms with Crippen molar-refractivity contribution in [3.8, 4) is 0 Å². The summed E-state index contributed by atoms with van der Waals surface area (Å²) in [5.41, 5.74) is 5.57. The van der Waals surface area contributed by atoms with Crippen LogP contribution in [0.3, 0.4) is 0 Å². The Morgan fingerprint density at radius 1 is 1.36 bits per heavy atom. The smallest absolute Gasteiger partial charge is 0.165 e. The highest BCUT2D eigenvalue weighted by molar-refractivity contribution is 4.84. The second-order valence-corrected chi connectivity index (χ2v) is 4.16. The van der Waals surface area contributed by atoms with Crippen molar-refractivity contribution in [2.75, 3.05) is 0 Å². The van der Waals surface area contributed by atoms with Gasteiger partial charge in [-0.25, -0.2) is 4.68 Å². The van der Waals surface area contributed by atoms with Crippen LogP contribution in [-0.2, 0) is 6.54 Å². The van der Waals surface area contributed by atoms with Gasteiger partial charge in [0.1, 0.15) is 0 Å². The molecule has 0 amide bonds. The van der Waals surface area contributed by atoms with Crippen LogP contribution in [0, 0.1) is 5.92 Å². The molecule has 0 radical (unpaired) electrons. The highest BCUT2D eigenvalue weighted by atomic mass is 15.6. The van der Waals surface area contributed by atoms with Crippen LogP contribution in [0.4, 0.5) is 0 Å². The lowest BCUT2D eigenvalue weighted by molar-refractivity contribution is 0.266. The van der Waals surface area contributed by atoms with Crippen LogP contribution in [0.1, 0.15) is 44.5 Å². The zero-order valence-corrected chi connectivity index (χ0v) is 8.56. The monoisotopic (exact) mass is 195 g/mol. The van der Waals surface area contributed by atoms with Crippen molar-refractivity contribution in [2.24, 2.45) is 11.7 Å². The van der Waals surface area contributed by atoms with Crippen LogP contribution in [0.25, 0.3) is 0 Å². The molecule has 2 N–H and O–H groups in total. The SMILES string of the molecule is CC1CCC(n2nnnc2CN)CC1. The average molecular weight is 195 g/mol. The van der Waals surface area contributed by atoms with E-state index >= 15 is 0 Å². The van der Waals surface area contributed by atoms with Gasteiger partial charge in [-0.05, 0) is 42.0 Å². The Bertz CT molecular complexity index is 287. The number of rotatable bonds is 2. The highest BCUT2D eigenvalue weighted by Crippen LogP contribution is 2.31. The first-order valence-electron chi connectivity index (χ1n) is 5.28. The summed E-state index contributed by atoms with van der Waals surface area (Å²) in [7, 11) is 0. The Kier molecular flexibility index (Phi) is 2.77. The van der Waals surface area contributed by atoms with Gasteiger partial charge in [-0.2, -0.15) is 0 Å². The van der Waals surface area contributed by atoms with Gasteiger partial charge in [0.15, 0.2) is 5.82 Å². The summed E-state index contributed by atoms with van der Waals surface area (Å²) < 4.78 is 1.91. The van der Waals surface area contributed by atoms with E-state index in [1.54, 1.807) is 0 Å². The minimum atomic E-state index is 0.430. The fourth-order valence-electron chi connectivity index (χ4n) is 2.12. The maximum Gasteiger partial charge on any atom is 0.165 e. The van der Waals surface area contributed by atoms with Gasteiger partial charge in [0.2, 0.25) is 0 Å². The summed E-state index contributed by atoms with van der Waals surface area (Å²) in [6.07, 6.45) is 4.90. The second-order valence-electron chi connectivity index (χ2n) is 4.16. The predicted octanol–water partition coefficient (Wildman–Crippen LogP) is 0.883. The normalized spacial score (nSPS) is 27.9. The first-order chi connectivity index (χ1) is 6.81. The van der Waals surface area contributed by atoms with Crippen molar-refractivity contribution < 1.29 is 0 Å². The molecule has 14 heavy (non-hydrogen) atoms. The molecule has 2 rings (SSSR count). The molecule has 1 fully saturated rings. The number of nitrogens with two attached hydrogens (primary N) is 1. The predicted molar refractivity (Wildman–Crippen MR) is 52.4 cm³/mol. The molecule has 1 saturated carbocycles. The third kappa shape index (κ3) is 1.77. The molecule has 0 aromatic carbocycles. The zero-order valence-electron chi connectivity index (χ0n) is 8.56. The van der Waals surface area contributed by atoms with Gasteiger partial charge in [-0.1, -0.05) is 6.92 Å². The van der Waals surface area contributed by atoms with Crippen LogP contribution in [0.2, 0.25) is 0 Å². The summed E-state index contributed by atoms with van der Waals surface area (Å²) in [6, 6.07) is 0.472. The molecular weight excluding hydrogens is 178 g/mol. The van der Waals surface area contributed by atoms with E-state index in [1.165, 1.54) is 25.7 Å². The molecule has 0 bridgehead atoms. The maximum absolute atomic E-state index is 5.57. The maximum atomic E-state index is 5.57. The standard InChI is InChI=1S/C9H17N5/c1-7-2-4-8(5-3-7)14-9(6-10)11-12-13-14/h7-8H,2-6,10H2,1H3. The first kappa shape index (κ1) is 9.58. The minimum Gasteiger partial charge on any atom is -0.324 e. The van der Waals surface area contributed by atoms with Crippen LogP contribution in [0.5, 0.6) is 0 Å². The molecular formula is C9H17N5. The molecule has 1 heterocycles. The Hall–Kier alpha value is -0.970. The average Bonchev–Trinajstić information content (AvgIpc) is 2.67. The van der Waals surface area contributed by atoms with E-state index in [2.05, 4.69) is 22.4 Å². The second kappa shape index (κ2) is 4.04. The molecule has 0 unspecified atom stereocenters. The molecule has 1 aliphatic rings. The third-order valence-electron chi connectivity index (χ3n) is 3.07. The summed E-state index contributed by atoms with van der Waals surface area (Å²) in [4.78, 5) is 0. The fraction of sp³-hybridized carbons (Fsp3) is 0.889. The Morgan fingerprint density at radius 3 is 2.71 bits per heavy atom. The lowest BCUT2D eigenvalue weighted by Gasteiger charge is -2.26. The van der Waals surface area contributed by atoms with Crippen molar-refractivity contribution in [1.82, 2.24) is 20.2 Å². The lowest BCUT2D eigenvalue weighted by Crippen LogP contribution is -2.21. The third-order valence-corrected chi connectivity index (χ3v) is 3.07. The van der Waals surface area contributed by atoms with E-state index in [4.69, 9.17) is 5.73 Å². The molecule has 1 aromatic rings. The van der Waals surface area contributed by atoms with Gasteiger partial charge >= 0.3 is 0 Å². The number of nitrogens with zero attached hydrogens (tertiary/aromatic N) is 4. The van der Waals surface area contributed by atoms with Crippen molar-refractivity contribution in [2.45, 2.75) is 45.2 Å². The van der Waals surface area contributed by atoms with Crippen molar-refractivity contribution in [3.05, 3.63) is 5.82 Å². The van der Waals surface area contributed by atoms with Crippen LogP contribution in [-0.4, -0.2) is 20.2 Å². The number of tetrazole rings is 1. The molecule has 0 saturated heterocycles. The summed E-state index contributed by atoms with van der Waals surface area (Å²) in [6.45, 7) is 2.73. The fourth-order valence-corrected chi connectivity index (χ4v) is 2.12. The van der Waals surface area contributed by atoms with Crippen LogP contribution in [0.15, 0.2) is 0 Å². The van der Waals surface area contributed by atoms with Gasteiger partial charge in [-0.3, -0.25) is 0 Å². The Morgan fingerprint density at radius 2 is 2.07 bits per heavy atom. The van der Waals surface area contributed by atoms with Crippen LogP contribution >= 0.6 is 0 Å². The number of hydrogen-bond acceptors (Lipinski definition) is 4. The molecule has 0 spiro atoms. The quantitative estimate of drug-likeness (QED) is 0.760. The van der Waals surface area contributed by atoms with E-state index in [9.17, 15) is 0 Å². The Balaban J connectivity index is 2.08. The minimum absolute atomic E-state index is 0.430. The molecule has 1 aliphatic carbocycles. The van der Waals surface area contributed by atoms with Crippen molar-refractivity contribution >= 4 is 0 Å². The van der Waals surface area contributed by atoms with Gasteiger partial charge in [0.05, 0.1) is 12.6 Å². The van der Waals surface area contributed by atoms with Gasteiger partial charge in [0, 0.05) is 0 Å². The van der Waals surface area contributed by atoms with E-state index in [0.717, 1.165) is 11.7 Å². The van der Waals surface area contributed by atoms with Crippen molar-refractivity contribution in [1.29, 1.82) is 0 Å². The summed E-state index contributed by atoms with van der Waals surface area (Å²) in [5.74, 6) is 1.66. The topological polar surface area (TPSA) is 69.6 Å². The molecule has 5 nitrogen and oxygen atoms in total. The molecule has 5 heteroatoms. The lowest BCUT2D eigenvalue weighted by atomic mass is 9.87. The van der Waals surface area contributed by atoms with E-state index in [0.29, 0.717) is 12.6 Å². The van der Waals surface area contributed by atoms with Gasteiger partial charge < -0.3 is 5.73 Å². The summed E-state index contributed by atoms with van der Waals surface area (Å²) >= 11 is 0. The zero-order chi connectivity index (χ0) is 9.97. The highest BCUT2D eigenvalue weighted by Gasteiger charge is 2.22. The molecule has 1 aromatic heterocycles. The number of aromatic nitrogens is 4. The van der Waals surface area contributed by atoms with E-state index in [1.807, 2.05) is 4.68 Å². The largest absolute Gasteiger partial charge is 0.324 e. The van der Waals surface area contributed by atoms with E-state index < -0.39 is 0 Å². The first-order valence-corrected chi connectivity index (χ1v) is 5.28. The van der Waals surface area contributed by atoms with E-state index in [-0.39, 0.29) is 0 Å². The Labute approximate surface area is 83.7 Å². The molecule has 0 atom stereocenters. The van der Waals surface area contributed by atoms with Crippen LogP contribution < -0.4 is 5.73 Å². The van der Waals surface area contributed by atoms with Gasteiger partial charge in [0.25, 0.3) is 0 Å². The molecule has 0 aliphatic heterocycles. The number of hydrogen-bond donors (Lipinski definition) is 1. The van der Waals surface area contributed by atoms with Crippen molar-refractivity contribution in [3.63, 3.8) is 0 Å². The summed E-state index contributed by atoms with van der Waals surface area (Å²) in [5, 5.41) is 11.6.